The van der Waals surface area contributed by atoms with Gasteiger partial charge in [-0.1, -0.05) is 36.4 Å². The molecule has 21 heavy (non-hydrogen) atoms. The summed E-state index contributed by atoms with van der Waals surface area (Å²) in [5, 5.41) is 18.1. The lowest BCUT2D eigenvalue weighted by Gasteiger charge is -2.28. The van der Waals surface area contributed by atoms with Crippen LogP contribution >= 0.6 is 0 Å². The summed E-state index contributed by atoms with van der Waals surface area (Å²) in [6.07, 6.45) is 0.977. The Hall–Kier alpha value is -1.69. The van der Waals surface area contributed by atoms with Crippen LogP contribution in [0.2, 0.25) is 0 Å². The van der Waals surface area contributed by atoms with Gasteiger partial charge in [-0.15, -0.1) is 0 Å². The summed E-state index contributed by atoms with van der Waals surface area (Å²) in [5.74, 6) is -0.389. The van der Waals surface area contributed by atoms with Gasteiger partial charge in [0.15, 0.2) is 0 Å². The van der Waals surface area contributed by atoms with Crippen molar-refractivity contribution < 1.29 is 14.4 Å². The molecular formula is C16H17BFNO2. The lowest BCUT2D eigenvalue weighted by Crippen LogP contribution is -2.32. The number of halogens is 1. The molecule has 0 atom stereocenters. The maximum absolute atomic E-state index is 14.0. The first-order valence-corrected chi connectivity index (χ1v) is 7.07. The summed E-state index contributed by atoms with van der Waals surface area (Å²) in [7, 11) is -1.63. The lowest BCUT2D eigenvalue weighted by atomic mass is 9.80. The van der Waals surface area contributed by atoms with Crippen LogP contribution in [0.4, 0.5) is 4.39 Å². The van der Waals surface area contributed by atoms with Gasteiger partial charge in [0.25, 0.3) is 0 Å². The molecular weight excluding hydrogens is 268 g/mol. The van der Waals surface area contributed by atoms with Crippen molar-refractivity contribution in [3.63, 3.8) is 0 Å². The molecule has 0 bridgehead atoms. The average Bonchev–Trinajstić information content (AvgIpc) is 2.49. The van der Waals surface area contributed by atoms with Crippen molar-refractivity contribution in [3.8, 4) is 0 Å². The number of nitrogens with zero attached hydrogens (tertiary/aromatic N) is 1. The van der Waals surface area contributed by atoms with Gasteiger partial charge in [-0.2, -0.15) is 0 Å². The first kappa shape index (κ1) is 14.3. The second-order valence-electron chi connectivity index (χ2n) is 5.45. The van der Waals surface area contributed by atoms with Crippen LogP contribution in [0.3, 0.4) is 0 Å². The molecule has 2 N–H and O–H groups in total. The summed E-state index contributed by atoms with van der Waals surface area (Å²) >= 11 is 0. The van der Waals surface area contributed by atoms with E-state index in [1.165, 1.54) is 17.2 Å². The summed E-state index contributed by atoms with van der Waals surface area (Å²) in [5.41, 5.74) is 3.43. The molecule has 2 aromatic carbocycles. The molecule has 0 saturated heterocycles. The van der Waals surface area contributed by atoms with Gasteiger partial charge in [-0.3, -0.25) is 4.90 Å². The third-order valence-electron chi connectivity index (χ3n) is 3.98. The molecule has 1 aliphatic heterocycles. The van der Waals surface area contributed by atoms with Crippen LogP contribution in [-0.4, -0.2) is 28.6 Å². The zero-order chi connectivity index (χ0) is 14.8. The van der Waals surface area contributed by atoms with Crippen molar-refractivity contribution in [1.29, 1.82) is 0 Å². The smallest absolute Gasteiger partial charge is 0.423 e. The molecule has 3 rings (SSSR count). The fourth-order valence-corrected chi connectivity index (χ4v) is 2.78. The maximum atomic E-state index is 14.0. The Morgan fingerprint density at radius 1 is 1.10 bits per heavy atom. The predicted molar refractivity (Wildman–Crippen MR) is 80.5 cm³/mol. The monoisotopic (exact) mass is 285 g/mol. The first-order chi connectivity index (χ1) is 10.1. The molecule has 5 heteroatoms. The minimum Gasteiger partial charge on any atom is -0.423 e. The average molecular weight is 285 g/mol. The highest BCUT2D eigenvalue weighted by molar-refractivity contribution is 6.58. The number of fused-ring (bicyclic) bond motifs is 1. The molecule has 3 nitrogen and oxygen atoms in total. The van der Waals surface area contributed by atoms with Crippen molar-refractivity contribution in [3.05, 3.63) is 65.0 Å². The Kier molecular flexibility index (Phi) is 4.06. The van der Waals surface area contributed by atoms with E-state index in [1.807, 2.05) is 12.1 Å². The summed E-state index contributed by atoms with van der Waals surface area (Å²) in [6, 6.07) is 12.7. The SMILES string of the molecule is OB(O)c1ccc(CN2CCc3ccccc3C2)c(F)c1. The maximum Gasteiger partial charge on any atom is 0.488 e. The van der Waals surface area contributed by atoms with Gasteiger partial charge in [-0.25, -0.2) is 4.39 Å². The molecule has 1 aliphatic rings. The molecule has 0 fully saturated rings. The molecule has 0 saturated carbocycles. The van der Waals surface area contributed by atoms with E-state index in [4.69, 9.17) is 10.0 Å². The Labute approximate surface area is 123 Å². The van der Waals surface area contributed by atoms with E-state index >= 15 is 0 Å². The van der Waals surface area contributed by atoms with Crippen LogP contribution < -0.4 is 5.46 Å². The van der Waals surface area contributed by atoms with Crippen LogP contribution in [0.1, 0.15) is 16.7 Å². The molecule has 108 valence electrons. The van der Waals surface area contributed by atoms with Gasteiger partial charge in [-0.05, 0) is 29.1 Å². The number of hydrogen-bond acceptors (Lipinski definition) is 3. The summed E-state index contributed by atoms with van der Waals surface area (Å²) in [4.78, 5) is 2.20. The van der Waals surface area contributed by atoms with Gasteiger partial charge in [0.2, 0.25) is 0 Å². The van der Waals surface area contributed by atoms with E-state index < -0.39 is 7.12 Å². The minimum absolute atomic E-state index is 0.181. The van der Waals surface area contributed by atoms with Crippen LogP contribution in [0.15, 0.2) is 42.5 Å². The van der Waals surface area contributed by atoms with Crippen molar-refractivity contribution in [2.24, 2.45) is 0 Å². The largest absolute Gasteiger partial charge is 0.488 e. The summed E-state index contributed by atoms with van der Waals surface area (Å²) in [6.45, 7) is 2.25. The Morgan fingerprint density at radius 3 is 2.57 bits per heavy atom. The predicted octanol–water partition coefficient (Wildman–Crippen LogP) is 1.06. The highest BCUT2D eigenvalue weighted by atomic mass is 19.1. The second-order valence-corrected chi connectivity index (χ2v) is 5.45. The van der Waals surface area contributed by atoms with E-state index in [0.29, 0.717) is 12.1 Å². The minimum atomic E-state index is -1.63. The highest BCUT2D eigenvalue weighted by Gasteiger charge is 2.18. The topological polar surface area (TPSA) is 43.7 Å². The molecule has 0 spiro atoms. The molecule has 0 amide bonds. The fourth-order valence-electron chi connectivity index (χ4n) is 2.78. The normalized spacial score (nSPS) is 14.8. The van der Waals surface area contributed by atoms with Gasteiger partial charge in [0.05, 0.1) is 0 Å². The molecule has 1 heterocycles. The van der Waals surface area contributed by atoms with E-state index in [0.717, 1.165) is 19.5 Å². The standard InChI is InChI=1S/C16H17BFNO2/c18-16-9-15(17(20)21)6-5-14(16)11-19-8-7-12-3-1-2-4-13(12)10-19/h1-6,9,20-21H,7-8,10-11H2. The number of benzene rings is 2. The molecule has 0 radical (unpaired) electrons. The zero-order valence-electron chi connectivity index (χ0n) is 11.7. The highest BCUT2D eigenvalue weighted by Crippen LogP contribution is 2.20. The van der Waals surface area contributed by atoms with Crippen LogP contribution in [0, 0.1) is 5.82 Å². The van der Waals surface area contributed by atoms with Crippen LogP contribution in [0.5, 0.6) is 0 Å². The van der Waals surface area contributed by atoms with E-state index in [9.17, 15) is 4.39 Å². The van der Waals surface area contributed by atoms with Crippen LogP contribution in [0.25, 0.3) is 0 Å². The third kappa shape index (κ3) is 3.15. The lowest BCUT2D eigenvalue weighted by molar-refractivity contribution is 0.242. The van der Waals surface area contributed by atoms with Crippen molar-refractivity contribution in [2.45, 2.75) is 19.5 Å². The van der Waals surface area contributed by atoms with Gasteiger partial charge >= 0.3 is 7.12 Å². The molecule has 2 aromatic rings. The third-order valence-corrected chi connectivity index (χ3v) is 3.98. The Balaban J connectivity index is 1.73. The number of rotatable bonds is 3. The number of hydrogen-bond donors (Lipinski definition) is 2. The van der Waals surface area contributed by atoms with E-state index in [2.05, 4.69) is 17.0 Å². The summed E-state index contributed by atoms with van der Waals surface area (Å²) < 4.78 is 14.0. The Morgan fingerprint density at radius 2 is 1.86 bits per heavy atom. The Bertz CT molecular complexity index is 648. The zero-order valence-corrected chi connectivity index (χ0v) is 11.7. The molecule has 0 unspecified atom stereocenters. The van der Waals surface area contributed by atoms with Crippen molar-refractivity contribution in [2.75, 3.05) is 6.54 Å². The van der Waals surface area contributed by atoms with Gasteiger partial charge in [0, 0.05) is 25.2 Å². The van der Waals surface area contributed by atoms with E-state index in [-0.39, 0.29) is 11.3 Å². The first-order valence-electron chi connectivity index (χ1n) is 7.07. The molecule has 0 aromatic heterocycles. The second kappa shape index (κ2) is 5.97. The van der Waals surface area contributed by atoms with Crippen molar-refractivity contribution in [1.82, 2.24) is 4.90 Å². The fraction of sp³-hybridized carbons (Fsp3) is 0.250. The van der Waals surface area contributed by atoms with Gasteiger partial charge in [0.1, 0.15) is 5.82 Å². The van der Waals surface area contributed by atoms with E-state index in [1.54, 1.807) is 12.1 Å². The quantitative estimate of drug-likeness (QED) is 0.829. The van der Waals surface area contributed by atoms with Crippen molar-refractivity contribution >= 4 is 12.6 Å². The van der Waals surface area contributed by atoms with Crippen LogP contribution in [-0.2, 0) is 19.5 Å². The molecule has 0 aliphatic carbocycles. The van der Waals surface area contributed by atoms with Gasteiger partial charge < -0.3 is 10.0 Å².